The molecule has 0 unspecified atom stereocenters. The molecule has 0 saturated heterocycles. The van der Waals surface area contributed by atoms with Gasteiger partial charge >= 0.3 is 13.5 Å². The first-order valence-electron chi connectivity index (χ1n) is 7.01. The van der Waals surface area contributed by atoms with E-state index in [1.165, 1.54) is 25.1 Å². The number of halogens is 3. The first-order valence-corrected chi connectivity index (χ1v) is 8.63. The molecule has 1 aromatic carbocycles. The molecule has 1 N–H and O–H groups in total. The molecule has 1 aromatic rings. The Morgan fingerprint density at radius 2 is 1.70 bits per heavy atom. The lowest BCUT2D eigenvalue weighted by Crippen LogP contribution is -2.42. The van der Waals surface area contributed by atoms with Crippen LogP contribution >= 0.6 is 7.37 Å². The average molecular weight is 348 g/mol. The summed E-state index contributed by atoms with van der Waals surface area (Å²) in [5, 5.41) is 6.77. The predicted molar refractivity (Wildman–Crippen MR) is 82.9 cm³/mol. The third-order valence-electron chi connectivity index (χ3n) is 2.89. The van der Waals surface area contributed by atoms with Gasteiger partial charge in [-0.15, -0.1) is 0 Å². The Morgan fingerprint density at radius 1 is 1.17 bits per heavy atom. The van der Waals surface area contributed by atoms with E-state index in [2.05, 4.69) is 11.6 Å². The molecular formula is C16H20F3O3P. The normalized spacial score (nSPS) is 17.6. The van der Waals surface area contributed by atoms with Crippen molar-refractivity contribution in [3.8, 4) is 11.6 Å². The molecule has 0 amide bonds. The third-order valence-corrected chi connectivity index (χ3v) is 5.28. The summed E-state index contributed by atoms with van der Waals surface area (Å²) in [5.41, 5.74) is 0.835. The van der Waals surface area contributed by atoms with Crippen molar-refractivity contribution in [1.82, 2.24) is 0 Å². The van der Waals surface area contributed by atoms with Crippen molar-refractivity contribution in [3.05, 3.63) is 35.9 Å². The SMILES string of the molecule is CCO[P@@](=O)(C#CC(C)(C)C)[C@](O)(c1ccccc1)C(F)(F)F. The second-order valence-electron chi connectivity index (χ2n) is 5.99. The van der Waals surface area contributed by atoms with Crippen LogP contribution in [0.4, 0.5) is 13.2 Å². The van der Waals surface area contributed by atoms with Gasteiger partial charge in [-0.25, -0.2) is 0 Å². The van der Waals surface area contributed by atoms with E-state index in [1.807, 2.05) is 0 Å². The van der Waals surface area contributed by atoms with Gasteiger partial charge in [0, 0.05) is 11.0 Å². The Kier molecular flexibility index (Phi) is 5.74. The summed E-state index contributed by atoms with van der Waals surface area (Å²) in [6.07, 6.45) is -5.22. The van der Waals surface area contributed by atoms with E-state index in [0.717, 1.165) is 12.1 Å². The molecule has 7 heteroatoms. The molecule has 3 nitrogen and oxygen atoms in total. The number of alkyl halides is 3. The number of aliphatic hydroxyl groups is 1. The number of hydrogen-bond acceptors (Lipinski definition) is 3. The quantitative estimate of drug-likeness (QED) is 0.633. The van der Waals surface area contributed by atoms with Crippen LogP contribution < -0.4 is 0 Å². The highest BCUT2D eigenvalue weighted by Gasteiger charge is 2.67. The molecule has 0 aliphatic rings. The number of rotatable bonds is 4. The molecule has 0 aromatic heterocycles. The van der Waals surface area contributed by atoms with E-state index in [-0.39, 0.29) is 6.61 Å². The van der Waals surface area contributed by atoms with Gasteiger partial charge in [-0.05, 0) is 33.4 Å². The monoisotopic (exact) mass is 348 g/mol. The van der Waals surface area contributed by atoms with Gasteiger partial charge in [-0.2, -0.15) is 13.2 Å². The lowest BCUT2D eigenvalue weighted by molar-refractivity contribution is -0.232. The van der Waals surface area contributed by atoms with Gasteiger partial charge in [0.1, 0.15) is 0 Å². The van der Waals surface area contributed by atoms with Crippen molar-refractivity contribution < 1.29 is 27.4 Å². The molecule has 128 valence electrons. The van der Waals surface area contributed by atoms with Gasteiger partial charge < -0.3 is 9.63 Å². The summed E-state index contributed by atoms with van der Waals surface area (Å²) in [6.45, 7) is 6.09. The zero-order valence-electron chi connectivity index (χ0n) is 13.4. The van der Waals surface area contributed by atoms with Crippen LogP contribution in [0.15, 0.2) is 30.3 Å². The topological polar surface area (TPSA) is 46.5 Å². The summed E-state index contributed by atoms with van der Waals surface area (Å²) >= 11 is 0. The molecule has 0 heterocycles. The van der Waals surface area contributed by atoms with E-state index < -0.39 is 29.9 Å². The minimum atomic E-state index is -5.22. The molecule has 0 saturated carbocycles. The Balaban J connectivity index is 3.66. The summed E-state index contributed by atoms with van der Waals surface area (Å²) < 4.78 is 58.8. The highest BCUT2D eigenvalue weighted by atomic mass is 31.2. The standard InChI is InChI=1S/C16H20F3O3P/c1-5-22-23(21,12-11-14(2,3)4)15(20,16(17,18)19)13-9-7-6-8-10-13/h6-10,20H,5H2,1-4H3/t15-,23+/m1/s1. The maximum Gasteiger partial charge on any atom is 0.431 e. The summed E-state index contributed by atoms with van der Waals surface area (Å²) in [6, 6.07) is 6.24. The third kappa shape index (κ3) is 4.17. The largest absolute Gasteiger partial charge is 0.431 e. The van der Waals surface area contributed by atoms with Crippen LogP contribution in [0.5, 0.6) is 0 Å². The van der Waals surface area contributed by atoms with Crippen molar-refractivity contribution in [2.45, 2.75) is 39.2 Å². The Hall–Kier alpha value is -1.28. The predicted octanol–water partition coefficient (Wildman–Crippen LogP) is 4.72. The smallest absolute Gasteiger partial charge is 0.367 e. The van der Waals surface area contributed by atoms with Crippen molar-refractivity contribution in [3.63, 3.8) is 0 Å². The summed E-state index contributed by atoms with van der Waals surface area (Å²) in [5.74, 6) is 2.50. The van der Waals surface area contributed by atoms with E-state index >= 15 is 0 Å². The first kappa shape index (κ1) is 19.8. The van der Waals surface area contributed by atoms with Crippen LogP contribution in [0.2, 0.25) is 0 Å². The fourth-order valence-corrected chi connectivity index (χ4v) is 3.88. The van der Waals surface area contributed by atoms with E-state index in [0.29, 0.717) is 0 Å². The lowest BCUT2D eigenvalue weighted by atomic mass is 9.99. The van der Waals surface area contributed by atoms with Gasteiger partial charge in [0.2, 0.25) is 0 Å². The summed E-state index contributed by atoms with van der Waals surface area (Å²) in [7, 11) is -4.81. The molecule has 0 aliphatic heterocycles. The van der Waals surface area contributed by atoms with Crippen molar-refractivity contribution in [2.75, 3.05) is 6.61 Å². The molecular weight excluding hydrogens is 328 g/mol. The van der Waals surface area contributed by atoms with E-state index in [4.69, 9.17) is 4.52 Å². The molecule has 0 spiro atoms. The molecule has 1 rings (SSSR count). The van der Waals surface area contributed by atoms with Crippen LogP contribution in [0.3, 0.4) is 0 Å². The Morgan fingerprint density at radius 3 is 2.09 bits per heavy atom. The Bertz CT molecular complexity index is 639. The van der Waals surface area contributed by atoms with Gasteiger partial charge in [0.05, 0.1) is 6.61 Å². The van der Waals surface area contributed by atoms with Crippen molar-refractivity contribution in [1.29, 1.82) is 0 Å². The zero-order valence-corrected chi connectivity index (χ0v) is 14.3. The van der Waals surface area contributed by atoms with Crippen LogP contribution in [-0.2, 0) is 14.4 Å². The zero-order chi connectivity index (χ0) is 17.9. The van der Waals surface area contributed by atoms with E-state index in [9.17, 15) is 22.8 Å². The first-order chi connectivity index (χ1) is 10.4. The second kappa shape index (κ2) is 6.68. The maximum atomic E-state index is 13.7. The van der Waals surface area contributed by atoms with Crippen LogP contribution in [0.25, 0.3) is 0 Å². The number of benzene rings is 1. The van der Waals surface area contributed by atoms with E-state index in [1.54, 1.807) is 20.8 Å². The fourth-order valence-electron chi connectivity index (χ4n) is 1.80. The van der Waals surface area contributed by atoms with Crippen molar-refractivity contribution in [2.24, 2.45) is 5.41 Å². The molecule has 0 aliphatic carbocycles. The minimum absolute atomic E-state index is 0.276. The van der Waals surface area contributed by atoms with Crippen LogP contribution in [-0.4, -0.2) is 17.9 Å². The fraction of sp³-hybridized carbons (Fsp3) is 0.500. The van der Waals surface area contributed by atoms with Crippen molar-refractivity contribution >= 4 is 7.37 Å². The number of hydrogen-bond donors (Lipinski definition) is 1. The molecule has 0 bridgehead atoms. The Labute approximate surface area is 134 Å². The molecule has 2 atom stereocenters. The van der Waals surface area contributed by atoms with Crippen LogP contribution in [0.1, 0.15) is 33.3 Å². The highest BCUT2D eigenvalue weighted by molar-refractivity contribution is 7.65. The molecule has 0 radical (unpaired) electrons. The maximum absolute atomic E-state index is 13.7. The highest BCUT2D eigenvalue weighted by Crippen LogP contribution is 2.68. The molecule has 23 heavy (non-hydrogen) atoms. The van der Waals surface area contributed by atoms with Gasteiger partial charge in [0.15, 0.2) is 0 Å². The van der Waals surface area contributed by atoms with Crippen LogP contribution in [0, 0.1) is 17.0 Å². The second-order valence-corrected chi connectivity index (χ2v) is 8.22. The van der Waals surface area contributed by atoms with Gasteiger partial charge in [-0.1, -0.05) is 36.3 Å². The summed E-state index contributed by atoms with van der Waals surface area (Å²) in [4.78, 5) is 0. The van der Waals surface area contributed by atoms with Gasteiger partial charge in [-0.3, -0.25) is 4.57 Å². The van der Waals surface area contributed by atoms with Gasteiger partial charge in [0.25, 0.3) is 5.34 Å². The average Bonchev–Trinajstić information content (AvgIpc) is 2.43. The molecule has 0 fully saturated rings. The lowest BCUT2D eigenvalue weighted by Gasteiger charge is -2.34. The minimum Gasteiger partial charge on any atom is -0.367 e.